The lowest BCUT2D eigenvalue weighted by molar-refractivity contribution is -0.123. The summed E-state index contributed by atoms with van der Waals surface area (Å²) >= 11 is 1.56. The number of nitrogens with zero attached hydrogens (tertiary/aromatic N) is 3. The quantitative estimate of drug-likeness (QED) is 0.815. The summed E-state index contributed by atoms with van der Waals surface area (Å²) in [4.78, 5) is 17.2. The number of hydrogen-bond donors (Lipinski definition) is 0. The molecule has 0 aliphatic heterocycles. The molecule has 17 heavy (non-hydrogen) atoms. The highest BCUT2D eigenvalue weighted by molar-refractivity contribution is 7.15. The number of ketones is 1. The van der Waals surface area contributed by atoms with Crippen LogP contribution in [0, 0.1) is 16.7 Å². The van der Waals surface area contributed by atoms with Gasteiger partial charge in [-0.1, -0.05) is 0 Å². The van der Waals surface area contributed by atoms with Crippen molar-refractivity contribution in [3.8, 4) is 6.07 Å². The summed E-state index contributed by atoms with van der Waals surface area (Å²) in [6, 6.07) is 2.22. The van der Waals surface area contributed by atoms with Gasteiger partial charge in [-0.3, -0.25) is 9.20 Å². The van der Waals surface area contributed by atoms with Crippen molar-refractivity contribution < 1.29 is 4.79 Å². The maximum absolute atomic E-state index is 11.8. The Morgan fingerprint density at radius 1 is 1.65 bits per heavy atom. The normalized spacial score (nSPS) is 24.3. The van der Waals surface area contributed by atoms with E-state index in [-0.39, 0.29) is 5.78 Å². The van der Waals surface area contributed by atoms with E-state index < -0.39 is 5.41 Å². The van der Waals surface area contributed by atoms with Gasteiger partial charge in [0.2, 0.25) is 0 Å². The van der Waals surface area contributed by atoms with Crippen LogP contribution in [0.5, 0.6) is 0 Å². The van der Waals surface area contributed by atoms with Gasteiger partial charge < -0.3 is 0 Å². The number of rotatable bonds is 2. The van der Waals surface area contributed by atoms with Crippen LogP contribution in [0.25, 0.3) is 4.96 Å². The zero-order chi connectivity index (χ0) is 11.9. The number of imidazole rings is 1. The van der Waals surface area contributed by atoms with E-state index in [4.69, 9.17) is 0 Å². The highest BCUT2D eigenvalue weighted by Crippen LogP contribution is 2.37. The molecule has 2 heterocycles. The lowest BCUT2D eigenvalue weighted by Crippen LogP contribution is -2.26. The number of aromatic nitrogens is 2. The molecule has 1 unspecified atom stereocenters. The molecule has 1 aliphatic rings. The van der Waals surface area contributed by atoms with Gasteiger partial charge in [0.25, 0.3) is 0 Å². The molecule has 1 atom stereocenters. The Balaban J connectivity index is 1.94. The van der Waals surface area contributed by atoms with Gasteiger partial charge in [0.15, 0.2) is 10.7 Å². The lowest BCUT2D eigenvalue weighted by Gasteiger charge is -2.16. The molecule has 0 saturated heterocycles. The van der Waals surface area contributed by atoms with Crippen molar-refractivity contribution in [2.45, 2.75) is 25.7 Å². The van der Waals surface area contributed by atoms with Crippen molar-refractivity contribution in [3.05, 3.63) is 23.5 Å². The second-order valence-corrected chi connectivity index (χ2v) is 5.35. The molecule has 1 aliphatic carbocycles. The summed E-state index contributed by atoms with van der Waals surface area (Å²) < 4.78 is 1.94. The van der Waals surface area contributed by atoms with Crippen molar-refractivity contribution in [1.29, 1.82) is 5.26 Å². The molecular weight excluding hydrogens is 234 g/mol. The molecule has 1 fully saturated rings. The first kappa shape index (κ1) is 10.5. The monoisotopic (exact) mass is 245 g/mol. The van der Waals surface area contributed by atoms with Crippen molar-refractivity contribution in [2.75, 3.05) is 0 Å². The molecule has 3 rings (SSSR count). The average molecular weight is 245 g/mol. The number of carbonyl (C=O) groups is 1. The third kappa shape index (κ3) is 1.56. The molecule has 0 N–H and O–H groups in total. The molecule has 1 saturated carbocycles. The van der Waals surface area contributed by atoms with E-state index in [0.29, 0.717) is 19.3 Å². The van der Waals surface area contributed by atoms with Crippen LogP contribution in [-0.2, 0) is 11.2 Å². The minimum Gasteiger partial charge on any atom is -0.298 e. The largest absolute Gasteiger partial charge is 0.298 e. The number of nitriles is 1. The summed E-state index contributed by atoms with van der Waals surface area (Å²) in [6.45, 7) is 0. The first-order valence-corrected chi connectivity index (χ1v) is 6.47. The molecule has 0 bridgehead atoms. The Kier molecular flexibility index (Phi) is 2.26. The zero-order valence-electron chi connectivity index (χ0n) is 9.22. The minimum atomic E-state index is -0.815. The van der Waals surface area contributed by atoms with Gasteiger partial charge in [-0.15, -0.1) is 11.3 Å². The van der Waals surface area contributed by atoms with Gasteiger partial charge in [0, 0.05) is 30.6 Å². The number of fused-ring (bicyclic) bond motifs is 1. The third-order valence-electron chi connectivity index (χ3n) is 3.38. The molecule has 0 aromatic carbocycles. The van der Waals surface area contributed by atoms with Crippen molar-refractivity contribution in [3.63, 3.8) is 0 Å². The van der Waals surface area contributed by atoms with Crippen LogP contribution >= 0.6 is 11.3 Å². The Morgan fingerprint density at radius 2 is 2.53 bits per heavy atom. The van der Waals surface area contributed by atoms with Crippen LogP contribution in [0.15, 0.2) is 17.8 Å². The summed E-state index contributed by atoms with van der Waals surface area (Å²) in [5.41, 5.74) is 0.0259. The average Bonchev–Trinajstić information content (AvgIpc) is 2.95. The molecule has 2 aromatic rings. The minimum absolute atomic E-state index is 0.0800. The summed E-state index contributed by atoms with van der Waals surface area (Å²) in [5, 5.41) is 11.2. The Hall–Kier alpha value is -1.67. The molecule has 0 amide bonds. The molecule has 0 radical (unpaired) electrons. The Labute approximate surface area is 103 Å². The van der Waals surface area contributed by atoms with E-state index in [1.54, 1.807) is 11.3 Å². The smallest absolute Gasteiger partial charge is 0.193 e. The maximum atomic E-state index is 11.8. The SMILES string of the molecule is N#CC1(Cc2cn3ccsc3n2)CCCC1=O. The van der Waals surface area contributed by atoms with Crippen molar-refractivity contribution >= 4 is 22.1 Å². The summed E-state index contributed by atoms with van der Waals surface area (Å²) in [7, 11) is 0. The zero-order valence-corrected chi connectivity index (χ0v) is 10.0. The van der Waals surface area contributed by atoms with Crippen molar-refractivity contribution in [2.24, 2.45) is 5.41 Å². The van der Waals surface area contributed by atoms with Crippen LogP contribution in [0.4, 0.5) is 0 Å². The predicted molar refractivity (Wildman–Crippen MR) is 63.7 cm³/mol. The number of thiazole rings is 1. The topological polar surface area (TPSA) is 58.2 Å². The van der Waals surface area contributed by atoms with Crippen LogP contribution < -0.4 is 0 Å². The fraction of sp³-hybridized carbons (Fsp3) is 0.417. The van der Waals surface area contributed by atoms with Gasteiger partial charge in [0.05, 0.1) is 11.8 Å². The van der Waals surface area contributed by atoms with E-state index in [2.05, 4.69) is 11.1 Å². The second-order valence-electron chi connectivity index (χ2n) is 4.47. The number of Topliss-reactive ketones (excluding diaryl/α,β-unsaturated/α-hetero) is 1. The third-order valence-corrected chi connectivity index (χ3v) is 4.15. The van der Waals surface area contributed by atoms with Gasteiger partial charge in [0.1, 0.15) is 5.41 Å². The number of hydrogen-bond acceptors (Lipinski definition) is 4. The van der Waals surface area contributed by atoms with E-state index in [1.165, 1.54) is 0 Å². The van der Waals surface area contributed by atoms with Gasteiger partial charge in [-0.25, -0.2) is 4.98 Å². The fourth-order valence-electron chi connectivity index (χ4n) is 2.44. The van der Waals surface area contributed by atoms with Crippen LogP contribution in [0.1, 0.15) is 25.0 Å². The van der Waals surface area contributed by atoms with Gasteiger partial charge in [-0.05, 0) is 12.8 Å². The van der Waals surface area contributed by atoms with Crippen LogP contribution in [0.3, 0.4) is 0 Å². The lowest BCUT2D eigenvalue weighted by atomic mass is 9.82. The van der Waals surface area contributed by atoms with E-state index in [0.717, 1.165) is 17.1 Å². The van der Waals surface area contributed by atoms with Gasteiger partial charge in [-0.2, -0.15) is 5.26 Å². The van der Waals surface area contributed by atoms with Gasteiger partial charge >= 0.3 is 0 Å². The molecule has 0 spiro atoms. The van der Waals surface area contributed by atoms with Crippen molar-refractivity contribution in [1.82, 2.24) is 9.38 Å². The summed E-state index contributed by atoms with van der Waals surface area (Å²) in [6.07, 6.45) is 6.34. The molecule has 4 nitrogen and oxygen atoms in total. The highest BCUT2D eigenvalue weighted by atomic mass is 32.1. The predicted octanol–water partition coefficient (Wildman–Crippen LogP) is 2.20. The molecule has 2 aromatic heterocycles. The second kappa shape index (κ2) is 3.67. The molecule has 5 heteroatoms. The maximum Gasteiger partial charge on any atom is 0.193 e. The Bertz CT molecular complexity index is 593. The Morgan fingerprint density at radius 3 is 3.18 bits per heavy atom. The molecular formula is C12H11N3OS. The number of carbonyl (C=O) groups excluding carboxylic acids is 1. The highest BCUT2D eigenvalue weighted by Gasteiger charge is 2.42. The first-order valence-electron chi connectivity index (χ1n) is 5.59. The van der Waals surface area contributed by atoms with Crippen LogP contribution in [0.2, 0.25) is 0 Å². The standard InChI is InChI=1S/C12H11N3OS/c13-8-12(3-1-2-10(12)16)6-9-7-15-4-5-17-11(15)14-9/h4-5,7H,1-3,6H2. The van der Waals surface area contributed by atoms with E-state index >= 15 is 0 Å². The molecule has 86 valence electrons. The fourth-order valence-corrected chi connectivity index (χ4v) is 3.16. The van der Waals surface area contributed by atoms with E-state index in [9.17, 15) is 10.1 Å². The first-order chi connectivity index (χ1) is 8.23. The summed E-state index contributed by atoms with van der Waals surface area (Å²) in [5.74, 6) is 0.0800. The van der Waals surface area contributed by atoms with Crippen LogP contribution in [-0.4, -0.2) is 15.2 Å². The van der Waals surface area contributed by atoms with E-state index in [1.807, 2.05) is 22.2 Å².